The van der Waals surface area contributed by atoms with Gasteiger partial charge in [-0.05, 0) is 52.5 Å². The van der Waals surface area contributed by atoms with Crippen molar-refractivity contribution in [3.8, 4) is 0 Å². The van der Waals surface area contributed by atoms with Crippen LogP contribution in [0.2, 0.25) is 0 Å². The van der Waals surface area contributed by atoms with Crippen molar-refractivity contribution in [2.45, 2.75) is 31.8 Å². The van der Waals surface area contributed by atoms with Gasteiger partial charge in [-0.25, -0.2) is 0 Å². The minimum atomic E-state index is -0.225. The van der Waals surface area contributed by atoms with E-state index in [9.17, 15) is 4.79 Å². The molecule has 0 spiro atoms. The third kappa shape index (κ3) is 4.29. The molecule has 1 N–H and O–H groups in total. The van der Waals surface area contributed by atoms with Gasteiger partial charge in [-0.3, -0.25) is 14.6 Å². The molecule has 0 bridgehead atoms. The first-order valence-corrected chi connectivity index (χ1v) is 7.82. The average molecular weight is 289 g/mol. The Morgan fingerprint density at radius 3 is 2.43 bits per heavy atom. The second-order valence-corrected chi connectivity index (χ2v) is 6.11. The van der Waals surface area contributed by atoms with Crippen LogP contribution in [0.1, 0.15) is 31.4 Å². The third-order valence-electron chi connectivity index (χ3n) is 4.22. The number of nitrogens with one attached hydrogen (secondary N) is 1. The molecular formula is C17H27N3O. The van der Waals surface area contributed by atoms with Crippen molar-refractivity contribution in [3.05, 3.63) is 35.9 Å². The lowest BCUT2D eigenvalue weighted by Crippen LogP contribution is -2.44. The largest absolute Gasteiger partial charge is 0.353 e. The summed E-state index contributed by atoms with van der Waals surface area (Å²) in [5.41, 5.74) is 1.04. The molecule has 116 valence electrons. The number of nitrogens with zero attached hydrogens (tertiary/aromatic N) is 2. The summed E-state index contributed by atoms with van der Waals surface area (Å²) < 4.78 is 0. The Bertz CT molecular complexity index is 441. The number of amides is 1. The normalized spacial score (nSPS) is 18.7. The smallest absolute Gasteiger partial charge is 0.241 e. The van der Waals surface area contributed by atoms with E-state index in [0.29, 0.717) is 6.04 Å². The molecule has 2 atom stereocenters. The van der Waals surface area contributed by atoms with Crippen LogP contribution in [0, 0.1) is 0 Å². The average Bonchev–Trinajstić information content (AvgIpc) is 3.00. The Balaban J connectivity index is 1.93. The maximum absolute atomic E-state index is 12.5. The Labute approximate surface area is 128 Å². The molecule has 21 heavy (non-hydrogen) atoms. The zero-order chi connectivity index (χ0) is 15.2. The Hall–Kier alpha value is -1.39. The topological polar surface area (TPSA) is 35.6 Å². The molecule has 0 aromatic heterocycles. The molecule has 1 aromatic carbocycles. The fourth-order valence-corrected chi connectivity index (χ4v) is 2.98. The summed E-state index contributed by atoms with van der Waals surface area (Å²) in [4.78, 5) is 16.9. The summed E-state index contributed by atoms with van der Waals surface area (Å²) in [5, 5.41) is 3.12. The summed E-state index contributed by atoms with van der Waals surface area (Å²) in [5.74, 6) is 0.0808. The van der Waals surface area contributed by atoms with Crippen molar-refractivity contribution in [2.24, 2.45) is 0 Å². The minimum Gasteiger partial charge on any atom is -0.353 e. The second kappa shape index (κ2) is 7.57. The molecule has 1 saturated heterocycles. The van der Waals surface area contributed by atoms with E-state index in [0.717, 1.165) is 25.2 Å². The highest BCUT2D eigenvalue weighted by Crippen LogP contribution is 2.18. The maximum Gasteiger partial charge on any atom is 0.241 e. The van der Waals surface area contributed by atoms with Crippen LogP contribution < -0.4 is 5.32 Å². The third-order valence-corrected chi connectivity index (χ3v) is 4.22. The molecule has 4 heteroatoms. The first kappa shape index (κ1) is 16.0. The minimum absolute atomic E-state index is 0.0808. The highest BCUT2D eigenvalue weighted by molar-refractivity contribution is 5.83. The molecule has 0 unspecified atom stereocenters. The van der Waals surface area contributed by atoms with E-state index < -0.39 is 0 Å². The quantitative estimate of drug-likeness (QED) is 0.868. The Kier molecular flexibility index (Phi) is 5.76. The molecule has 1 amide bonds. The van der Waals surface area contributed by atoms with Gasteiger partial charge in [-0.2, -0.15) is 0 Å². The van der Waals surface area contributed by atoms with E-state index in [1.807, 2.05) is 49.3 Å². The lowest BCUT2D eigenvalue weighted by atomic mass is 10.1. The van der Waals surface area contributed by atoms with E-state index in [1.165, 1.54) is 12.8 Å². The lowest BCUT2D eigenvalue weighted by molar-refractivity contribution is -0.126. The predicted molar refractivity (Wildman–Crippen MR) is 86.1 cm³/mol. The standard InChI is InChI=1S/C17H27N3O/c1-14(20-11-7-8-12-20)13-18-17(21)16(19(2)3)15-9-5-4-6-10-15/h4-6,9-10,14,16H,7-8,11-13H2,1-3H3,(H,18,21)/t14-,16+/m1/s1. The van der Waals surface area contributed by atoms with Gasteiger partial charge in [0, 0.05) is 12.6 Å². The zero-order valence-corrected chi connectivity index (χ0v) is 13.4. The van der Waals surface area contributed by atoms with Gasteiger partial charge in [0.2, 0.25) is 5.91 Å². The van der Waals surface area contributed by atoms with Crippen LogP contribution in [-0.2, 0) is 4.79 Å². The summed E-state index contributed by atoms with van der Waals surface area (Å²) in [6.45, 7) is 5.23. The fraction of sp³-hybridized carbons (Fsp3) is 0.588. The fourth-order valence-electron chi connectivity index (χ4n) is 2.98. The molecule has 4 nitrogen and oxygen atoms in total. The van der Waals surface area contributed by atoms with Gasteiger partial charge in [-0.15, -0.1) is 0 Å². The van der Waals surface area contributed by atoms with Crippen LogP contribution in [0.25, 0.3) is 0 Å². The van der Waals surface area contributed by atoms with Gasteiger partial charge in [0.15, 0.2) is 0 Å². The summed E-state index contributed by atoms with van der Waals surface area (Å²) in [6, 6.07) is 10.1. The SMILES string of the molecule is C[C@H](CNC(=O)[C@H](c1ccccc1)N(C)C)N1CCCC1. The summed E-state index contributed by atoms with van der Waals surface area (Å²) in [7, 11) is 3.89. The number of carbonyl (C=O) groups is 1. The van der Waals surface area contributed by atoms with Crippen LogP contribution in [0.15, 0.2) is 30.3 Å². The predicted octanol–water partition coefficient (Wildman–Crippen LogP) is 1.89. The summed E-state index contributed by atoms with van der Waals surface area (Å²) >= 11 is 0. The molecule has 1 fully saturated rings. The number of hydrogen-bond donors (Lipinski definition) is 1. The van der Waals surface area contributed by atoms with Crippen LogP contribution >= 0.6 is 0 Å². The molecule has 1 heterocycles. The molecular weight excluding hydrogens is 262 g/mol. The number of benzene rings is 1. The number of hydrogen-bond acceptors (Lipinski definition) is 3. The van der Waals surface area contributed by atoms with Crippen molar-refractivity contribution in [3.63, 3.8) is 0 Å². The van der Waals surface area contributed by atoms with Crippen molar-refractivity contribution < 1.29 is 4.79 Å². The van der Waals surface area contributed by atoms with E-state index in [-0.39, 0.29) is 11.9 Å². The van der Waals surface area contributed by atoms with Gasteiger partial charge in [0.1, 0.15) is 6.04 Å². The number of likely N-dealkylation sites (N-methyl/N-ethyl adjacent to an activating group) is 1. The molecule has 1 aliphatic heterocycles. The van der Waals surface area contributed by atoms with E-state index in [2.05, 4.69) is 17.1 Å². The first-order valence-electron chi connectivity index (χ1n) is 7.82. The van der Waals surface area contributed by atoms with Gasteiger partial charge >= 0.3 is 0 Å². The van der Waals surface area contributed by atoms with Crippen molar-refractivity contribution >= 4 is 5.91 Å². The molecule has 1 aliphatic rings. The summed E-state index contributed by atoms with van der Waals surface area (Å²) in [6.07, 6.45) is 2.56. The van der Waals surface area contributed by atoms with Gasteiger partial charge < -0.3 is 5.32 Å². The van der Waals surface area contributed by atoms with Crippen LogP contribution in [0.5, 0.6) is 0 Å². The monoisotopic (exact) mass is 289 g/mol. The van der Waals surface area contributed by atoms with Gasteiger partial charge in [0.05, 0.1) is 0 Å². The van der Waals surface area contributed by atoms with Gasteiger partial charge in [0.25, 0.3) is 0 Å². The number of carbonyl (C=O) groups excluding carboxylic acids is 1. The van der Waals surface area contributed by atoms with Crippen LogP contribution in [-0.4, -0.2) is 55.5 Å². The van der Waals surface area contributed by atoms with E-state index >= 15 is 0 Å². The molecule has 0 saturated carbocycles. The van der Waals surface area contributed by atoms with Gasteiger partial charge in [-0.1, -0.05) is 30.3 Å². The maximum atomic E-state index is 12.5. The van der Waals surface area contributed by atoms with Crippen molar-refractivity contribution in [1.29, 1.82) is 0 Å². The van der Waals surface area contributed by atoms with Crippen molar-refractivity contribution in [1.82, 2.24) is 15.1 Å². The Morgan fingerprint density at radius 1 is 1.24 bits per heavy atom. The van der Waals surface area contributed by atoms with E-state index in [1.54, 1.807) is 0 Å². The number of likely N-dealkylation sites (tertiary alicyclic amines) is 1. The van der Waals surface area contributed by atoms with Crippen LogP contribution in [0.3, 0.4) is 0 Å². The highest BCUT2D eigenvalue weighted by atomic mass is 16.2. The first-order chi connectivity index (χ1) is 10.1. The second-order valence-electron chi connectivity index (χ2n) is 6.11. The molecule has 0 radical (unpaired) electrons. The Morgan fingerprint density at radius 2 is 1.86 bits per heavy atom. The van der Waals surface area contributed by atoms with E-state index in [4.69, 9.17) is 0 Å². The highest BCUT2D eigenvalue weighted by Gasteiger charge is 2.24. The zero-order valence-electron chi connectivity index (χ0n) is 13.4. The van der Waals surface area contributed by atoms with Crippen molar-refractivity contribution in [2.75, 3.05) is 33.7 Å². The molecule has 1 aromatic rings. The van der Waals surface area contributed by atoms with Crippen LogP contribution in [0.4, 0.5) is 0 Å². The number of rotatable bonds is 6. The molecule has 0 aliphatic carbocycles. The molecule has 2 rings (SSSR count). The lowest BCUT2D eigenvalue weighted by Gasteiger charge is -2.27.